The molecule has 0 aliphatic heterocycles. The van der Waals surface area contributed by atoms with Crippen LogP contribution in [-0.4, -0.2) is 28.3 Å². The first kappa shape index (κ1) is 14.8. The van der Waals surface area contributed by atoms with E-state index in [-0.39, 0.29) is 11.5 Å². The molecule has 0 fully saturated rings. The summed E-state index contributed by atoms with van der Waals surface area (Å²) in [4.78, 5) is 8.96. The summed E-state index contributed by atoms with van der Waals surface area (Å²) in [6.07, 6.45) is 1.85. The molecule has 0 amide bonds. The maximum absolute atomic E-state index is 6.10. The normalized spacial score (nSPS) is 13.8. The lowest BCUT2D eigenvalue weighted by Gasteiger charge is -2.32. The molecule has 2 N–H and O–H groups in total. The Hall–Kier alpha value is -2.14. The number of hydrogen-bond donors (Lipinski definition) is 1. The first-order valence-electron chi connectivity index (χ1n) is 7.43. The number of fused-ring (bicyclic) bond motifs is 3. The topological polar surface area (TPSA) is 66.0 Å². The van der Waals surface area contributed by atoms with E-state index in [2.05, 4.69) is 41.4 Å². The number of ether oxygens (including phenoxy) is 1. The molecule has 5 heteroatoms. The van der Waals surface area contributed by atoms with Gasteiger partial charge in [-0.05, 0) is 11.5 Å². The molecule has 0 aliphatic rings. The first-order chi connectivity index (χ1) is 10.4. The van der Waals surface area contributed by atoms with Gasteiger partial charge in [0, 0.05) is 12.5 Å². The summed E-state index contributed by atoms with van der Waals surface area (Å²) < 4.78 is 7.63. The van der Waals surface area contributed by atoms with Gasteiger partial charge >= 0.3 is 0 Å². The predicted octanol–water partition coefficient (Wildman–Crippen LogP) is 3.40. The van der Waals surface area contributed by atoms with Crippen molar-refractivity contribution < 1.29 is 4.74 Å². The molecular formula is C17H22N4O. The van der Waals surface area contributed by atoms with Crippen LogP contribution < -0.4 is 5.73 Å². The van der Waals surface area contributed by atoms with Crippen molar-refractivity contribution in [2.24, 2.45) is 5.41 Å². The van der Waals surface area contributed by atoms with Gasteiger partial charge in [0.25, 0.3) is 0 Å². The maximum Gasteiger partial charge on any atom is 0.152 e. The van der Waals surface area contributed by atoms with Crippen LogP contribution in [0, 0.1) is 5.41 Å². The summed E-state index contributed by atoms with van der Waals surface area (Å²) in [5.41, 5.74) is 8.80. The van der Waals surface area contributed by atoms with E-state index in [9.17, 15) is 0 Å². The number of methoxy groups -OCH3 is 1. The Bertz CT molecular complexity index is 816. The van der Waals surface area contributed by atoms with Crippen molar-refractivity contribution in [2.75, 3.05) is 19.5 Å². The Morgan fingerprint density at radius 1 is 1.27 bits per heavy atom. The number of hydrogen-bond acceptors (Lipinski definition) is 4. The molecule has 1 unspecified atom stereocenters. The van der Waals surface area contributed by atoms with Crippen LogP contribution in [0.2, 0.25) is 0 Å². The van der Waals surface area contributed by atoms with Gasteiger partial charge < -0.3 is 15.0 Å². The minimum Gasteiger partial charge on any atom is -0.383 e. The van der Waals surface area contributed by atoms with Crippen LogP contribution in [0.3, 0.4) is 0 Å². The molecule has 22 heavy (non-hydrogen) atoms. The molecule has 0 saturated heterocycles. The number of nitrogens with two attached hydrogens (primary N) is 1. The van der Waals surface area contributed by atoms with Crippen molar-refractivity contribution in [1.29, 1.82) is 0 Å². The third-order valence-corrected chi connectivity index (χ3v) is 4.10. The molecule has 0 bridgehead atoms. The largest absolute Gasteiger partial charge is 0.383 e. The van der Waals surface area contributed by atoms with Crippen LogP contribution in [0.1, 0.15) is 26.8 Å². The molecule has 3 aromatic rings. The Balaban J connectivity index is 2.35. The molecule has 2 aromatic heterocycles. The zero-order valence-electron chi connectivity index (χ0n) is 13.5. The van der Waals surface area contributed by atoms with Crippen LogP contribution in [0.15, 0.2) is 30.6 Å². The van der Waals surface area contributed by atoms with Crippen LogP contribution >= 0.6 is 0 Å². The minimum atomic E-state index is 0.0305. The zero-order valence-corrected chi connectivity index (χ0v) is 13.5. The van der Waals surface area contributed by atoms with Gasteiger partial charge in [0.05, 0.1) is 30.0 Å². The lowest BCUT2D eigenvalue weighted by molar-refractivity contribution is 0.0985. The van der Waals surface area contributed by atoms with Gasteiger partial charge in [0.2, 0.25) is 0 Å². The number of benzene rings is 1. The quantitative estimate of drug-likeness (QED) is 0.804. The van der Waals surface area contributed by atoms with Crippen LogP contribution in [-0.2, 0) is 4.74 Å². The second-order valence-electron chi connectivity index (χ2n) is 6.70. The van der Waals surface area contributed by atoms with E-state index >= 15 is 0 Å². The van der Waals surface area contributed by atoms with Crippen LogP contribution in [0.4, 0.5) is 5.82 Å². The number of anilines is 1. The molecule has 1 aromatic carbocycles. The highest BCUT2D eigenvalue weighted by Crippen LogP contribution is 2.36. The standard InChI is InChI=1S/C17H22N4O/c1-17(2,3)13(9-22-4)21-10-19-14-15(21)11-7-5-6-8-12(11)20-16(14)18/h5-8,10,13H,9H2,1-4H3,(H2,18,20). The number of para-hydroxylation sites is 1. The van der Waals surface area contributed by atoms with E-state index < -0.39 is 0 Å². The predicted molar refractivity (Wildman–Crippen MR) is 89.8 cm³/mol. The Morgan fingerprint density at radius 2 is 2.00 bits per heavy atom. The van der Waals surface area contributed by atoms with Crippen molar-refractivity contribution in [3.63, 3.8) is 0 Å². The SMILES string of the molecule is COCC(n1cnc2c(N)nc3ccccc3c21)C(C)(C)C. The first-order valence-corrected chi connectivity index (χ1v) is 7.43. The third kappa shape index (κ3) is 2.31. The second kappa shape index (κ2) is 5.25. The fourth-order valence-electron chi connectivity index (χ4n) is 2.91. The number of rotatable bonds is 3. The molecule has 116 valence electrons. The fourth-order valence-corrected chi connectivity index (χ4v) is 2.91. The van der Waals surface area contributed by atoms with Crippen molar-refractivity contribution in [3.8, 4) is 0 Å². The highest BCUT2D eigenvalue weighted by Gasteiger charge is 2.28. The Kier molecular flexibility index (Phi) is 3.53. The molecular weight excluding hydrogens is 276 g/mol. The van der Waals surface area contributed by atoms with Gasteiger partial charge in [-0.1, -0.05) is 39.0 Å². The van der Waals surface area contributed by atoms with Crippen molar-refractivity contribution in [3.05, 3.63) is 30.6 Å². The van der Waals surface area contributed by atoms with E-state index in [0.717, 1.165) is 21.9 Å². The monoisotopic (exact) mass is 298 g/mol. The molecule has 5 nitrogen and oxygen atoms in total. The number of nitrogens with zero attached hydrogens (tertiary/aromatic N) is 3. The Labute approximate surface area is 130 Å². The van der Waals surface area contributed by atoms with Gasteiger partial charge in [-0.25, -0.2) is 9.97 Å². The van der Waals surface area contributed by atoms with Crippen molar-refractivity contribution >= 4 is 27.8 Å². The zero-order chi connectivity index (χ0) is 15.9. The maximum atomic E-state index is 6.10. The van der Waals surface area contributed by atoms with Gasteiger partial charge in [-0.15, -0.1) is 0 Å². The average Bonchev–Trinajstić information content (AvgIpc) is 2.89. The number of imidazole rings is 1. The summed E-state index contributed by atoms with van der Waals surface area (Å²) in [5.74, 6) is 0.470. The third-order valence-electron chi connectivity index (χ3n) is 4.10. The second-order valence-corrected chi connectivity index (χ2v) is 6.70. The van der Waals surface area contributed by atoms with Crippen LogP contribution in [0.25, 0.3) is 21.9 Å². The van der Waals surface area contributed by atoms with Crippen molar-refractivity contribution in [1.82, 2.24) is 14.5 Å². The smallest absolute Gasteiger partial charge is 0.152 e. The molecule has 2 heterocycles. The summed E-state index contributed by atoms with van der Waals surface area (Å²) in [7, 11) is 1.73. The molecule has 0 spiro atoms. The van der Waals surface area contributed by atoms with E-state index in [1.165, 1.54) is 0 Å². The van der Waals surface area contributed by atoms with Gasteiger partial charge in [0.1, 0.15) is 5.52 Å². The average molecular weight is 298 g/mol. The molecule has 1 atom stereocenters. The van der Waals surface area contributed by atoms with Gasteiger partial charge in [-0.3, -0.25) is 0 Å². The van der Waals surface area contributed by atoms with Gasteiger partial charge in [0.15, 0.2) is 5.82 Å². The summed E-state index contributed by atoms with van der Waals surface area (Å²) >= 11 is 0. The lowest BCUT2D eigenvalue weighted by Crippen LogP contribution is -2.28. The van der Waals surface area contributed by atoms with E-state index in [4.69, 9.17) is 10.5 Å². The highest BCUT2D eigenvalue weighted by atomic mass is 16.5. The van der Waals surface area contributed by atoms with Gasteiger partial charge in [-0.2, -0.15) is 0 Å². The summed E-state index contributed by atoms with van der Waals surface area (Å²) in [5, 5.41) is 1.06. The number of aromatic nitrogens is 3. The molecule has 3 rings (SSSR count). The molecule has 0 aliphatic carbocycles. The summed E-state index contributed by atoms with van der Waals surface area (Å²) in [6.45, 7) is 7.23. The van der Waals surface area contributed by atoms with E-state index in [1.807, 2.05) is 24.5 Å². The van der Waals surface area contributed by atoms with Crippen molar-refractivity contribution in [2.45, 2.75) is 26.8 Å². The fraction of sp³-hybridized carbons (Fsp3) is 0.412. The highest BCUT2D eigenvalue weighted by molar-refractivity contribution is 6.06. The number of nitrogen functional groups attached to an aromatic ring is 1. The van der Waals surface area contributed by atoms with E-state index in [1.54, 1.807) is 7.11 Å². The van der Waals surface area contributed by atoms with Crippen LogP contribution in [0.5, 0.6) is 0 Å². The number of pyridine rings is 1. The summed E-state index contributed by atoms with van der Waals surface area (Å²) in [6, 6.07) is 8.18. The molecule has 0 radical (unpaired) electrons. The lowest BCUT2D eigenvalue weighted by atomic mass is 9.87. The van der Waals surface area contributed by atoms with E-state index in [0.29, 0.717) is 12.4 Å². The molecule has 0 saturated carbocycles. The minimum absolute atomic E-state index is 0.0305. The Morgan fingerprint density at radius 3 is 2.68 bits per heavy atom.